The second-order valence-electron chi connectivity index (χ2n) is 6.18. The van der Waals surface area contributed by atoms with Gasteiger partial charge in [-0.1, -0.05) is 30.3 Å². The molecule has 0 aliphatic heterocycles. The van der Waals surface area contributed by atoms with Gasteiger partial charge in [0.25, 0.3) is 11.6 Å². The van der Waals surface area contributed by atoms with Crippen LogP contribution in [0, 0.1) is 10.1 Å². The zero-order valence-electron chi connectivity index (χ0n) is 16.2. The van der Waals surface area contributed by atoms with E-state index in [1.807, 2.05) is 37.3 Å². The molecule has 0 saturated carbocycles. The standard InChI is InChI=1S/C20H23N3O6/c1-14(15-6-4-3-5-7-15)22-19(24)13-29-20(25)16-8-9-17(21-10-11-28-2)18(12-16)23(26)27/h3-9,12,14,21H,10-11,13H2,1-2H3,(H,22,24)/t14-/m0/s1. The lowest BCUT2D eigenvalue weighted by atomic mass is 10.1. The van der Waals surface area contributed by atoms with Crippen molar-refractivity contribution in [2.75, 3.05) is 32.2 Å². The van der Waals surface area contributed by atoms with Gasteiger partial charge in [-0.2, -0.15) is 0 Å². The van der Waals surface area contributed by atoms with Crippen molar-refractivity contribution >= 4 is 23.3 Å². The Bertz CT molecular complexity index is 857. The number of rotatable bonds is 10. The number of hydrogen-bond acceptors (Lipinski definition) is 7. The quantitative estimate of drug-likeness (QED) is 0.272. The molecular weight excluding hydrogens is 378 g/mol. The zero-order valence-corrected chi connectivity index (χ0v) is 16.2. The second kappa shape index (κ2) is 10.8. The van der Waals surface area contributed by atoms with Gasteiger partial charge in [-0.3, -0.25) is 14.9 Å². The van der Waals surface area contributed by atoms with E-state index in [0.29, 0.717) is 13.2 Å². The van der Waals surface area contributed by atoms with E-state index in [9.17, 15) is 19.7 Å². The SMILES string of the molecule is COCCNc1ccc(C(=O)OCC(=O)N[C@@H](C)c2ccccc2)cc1[N+](=O)[O-]. The van der Waals surface area contributed by atoms with Crippen molar-refractivity contribution in [2.45, 2.75) is 13.0 Å². The molecule has 0 aromatic heterocycles. The first kappa shape index (κ1) is 21.8. The molecule has 0 spiro atoms. The summed E-state index contributed by atoms with van der Waals surface area (Å²) >= 11 is 0. The van der Waals surface area contributed by atoms with Crippen LogP contribution in [0.3, 0.4) is 0 Å². The van der Waals surface area contributed by atoms with Gasteiger partial charge in [0.1, 0.15) is 5.69 Å². The fourth-order valence-corrected chi connectivity index (χ4v) is 2.57. The minimum Gasteiger partial charge on any atom is -0.452 e. The fraction of sp³-hybridized carbons (Fsp3) is 0.300. The van der Waals surface area contributed by atoms with Gasteiger partial charge in [-0.15, -0.1) is 0 Å². The van der Waals surface area contributed by atoms with Crippen molar-refractivity contribution in [3.8, 4) is 0 Å². The molecule has 0 saturated heterocycles. The topological polar surface area (TPSA) is 120 Å². The summed E-state index contributed by atoms with van der Waals surface area (Å²) in [6.45, 7) is 2.07. The number of methoxy groups -OCH3 is 1. The van der Waals surface area contributed by atoms with E-state index in [2.05, 4.69) is 10.6 Å². The Hall–Kier alpha value is -3.46. The molecule has 1 amide bonds. The number of benzene rings is 2. The summed E-state index contributed by atoms with van der Waals surface area (Å²) in [7, 11) is 1.52. The summed E-state index contributed by atoms with van der Waals surface area (Å²) < 4.78 is 9.88. The smallest absolute Gasteiger partial charge is 0.338 e. The highest BCUT2D eigenvalue weighted by Crippen LogP contribution is 2.25. The van der Waals surface area contributed by atoms with E-state index < -0.39 is 23.4 Å². The maximum Gasteiger partial charge on any atom is 0.338 e. The van der Waals surface area contributed by atoms with E-state index in [1.165, 1.54) is 19.2 Å². The Kier molecular flexibility index (Phi) is 8.11. The summed E-state index contributed by atoms with van der Waals surface area (Å²) in [6.07, 6.45) is 0. The first-order valence-corrected chi connectivity index (χ1v) is 8.95. The molecule has 1 atom stereocenters. The molecule has 0 aliphatic carbocycles. The number of nitro groups is 1. The number of carbonyl (C=O) groups is 2. The zero-order chi connectivity index (χ0) is 21.2. The van der Waals surface area contributed by atoms with Crippen LogP contribution in [0.1, 0.15) is 28.9 Å². The first-order chi connectivity index (χ1) is 13.9. The summed E-state index contributed by atoms with van der Waals surface area (Å²) in [6, 6.07) is 13.0. The average molecular weight is 401 g/mol. The van der Waals surface area contributed by atoms with E-state index in [-0.39, 0.29) is 23.0 Å². The van der Waals surface area contributed by atoms with Gasteiger partial charge in [-0.25, -0.2) is 4.79 Å². The van der Waals surface area contributed by atoms with Crippen molar-refractivity contribution in [2.24, 2.45) is 0 Å². The van der Waals surface area contributed by atoms with Crippen molar-refractivity contribution in [3.63, 3.8) is 0 Å². The molecule has 2 aromatic carbocycles. The molecule has 2 rings (SSSR count). The van der Waals surface area contributed by atoms with Crippen LogP contribution in [-0.4, -0.2) is 43.7 Å². The van der Waals surface area contributed by atoms with E-state index in [0.717, 1.165) is 11.6 Å². The van der Waals surface area contributed by atoms with Crippen LogP contribution in [0.25, 0.3) is 0 Å². The number of hydrogen-bond donors (Lipinski definition) is 2. The largest absolute Gasteiger partial charge is 0.452 e. The van der Waals surface area contributed by atoms with E-state index >= 15 is 0 Å². The van der Waals surface area contributed by atoms with Crippen molar-refractivity contribution in [3.05, 3.63) is 69.8 Å². The lowest BCUT2D eigenvalue weighted by molar-refractivity contribution is -0.384. The molecule has 2 aromatic rings. The van der Waals surface area contributed by atoms with Crippen LogP contribution in [-0.2, 0) is 14.3 Å². The third-order valence-corrected chi connectivity index (χ3v) is 4.06. The van der Waals surface area contributed by atoms with Crippen LogP contribution in [0.4, 0.5) is 11.4 Å². The Balaban J connectivity index is 1.95. The fourth-order valence-electron chi connectivity index (χ4n) is 2.57. The molecular formula is C20H23N3O6. The molecule has 0 aliphatic rings. The van der Waals surface area contributed by atoms with E-state index in [1.54, 1.807) is 0 Å². The highest BCUT2D eigenvalue weighted by molar-refractivity contribution is 5.93. The van der Waals surface area contributed by atoms with Gasteiger partial charge in [0, 0.05) is 19.7 Å². The van der Waals surface area contributed by atoms with Gasteiger partial charge >= 0.3 is 5.97 Å². The number of anilines is 1. The predicted molar refractivity (Wildman–Crippen MR) is 107 cm³/mol. The third kappa shape index (κ3) is 6.58. The van der Waals surface area contributed by atoms with Gasteiger partial charge < -0.3 is 20.1 Å². The van der Waals surface area contributed by atoms with Crippen LogP contribution in [0.2, 0.25) is 0 Å². The Morgan fingerprint density at radius 1 is 1.17 bits per heavy atom. The number of nitrogens with zero attached hydrogens (tertiary/aromatic N) is 1. The highest BCUT2D eigenvalue weighted by Gasteiger charge is 2.19. The van der Waals surface area contributed by atoms with Crippen LogP contribution in [0.15, 0.2) is 48.5 Å². The van der Waals surface area contributed by atoms with Crippen LogP contribution in [0.5, 0.6) is 0 Å². The molecule has 9 nitrogen and oxygen atoms in total. The van der Waals surface area contributed by atoms with Gasteiger partial charge in [0.05, 0.1) is 23.1 Å². The Labute approximate surface area is 168 Å². The van der Waals surface area contributed by atoms with Gasteiger partial charge in [0.2, 0.25) is 0 Å². The Morgan fingerprint density at radius 3 is 2.55 bits per heavy atom. The molecule has 0 radical (unpaired) electrons. The number of nitro benzene ring substituents is 1. The summed E-state index contributed by atoms with van der Waals surface area (Å²) in [4.78, 5) is 34.9. The number of esters is 1. The van der Waals surface area contributed by atoms with Gasteiger partial charge in [-0.05, 0) is 24.6 Å². The van der Waals surface area contributed by atoms with Crippen LogP contribution < -0.4 is 10.6 Å². The predicted octanol–water partition coefficient (Wildman–Crippen LogP) is 2.69. The maximum atomic E-state index is 12.2. The molecule has 154 valence electrons. The van der Waals surface area contributed by atoms with Gasteiger partial charge in [0.15, 0.2) is 6.61 Å². The summed E-state index contributed by atoms with van der Waals surface area (Å²) in [5, 5.41) is 16.9. The summed E-state index contributed by atoms with van der Waals surface area (Å²) in [5.41, 5.74) is 0.896. The lowest BCUT2D eigenvalue weighted by Crippen LogP contribution is -2.31. The van der Waals surface area contributed by atoms with Crippen LogP contribution >= 0.6 is 0 Å². The molecule has 0 fully saturated rings. The molecule has 9 heteroatoms. The third-order valence-electron chi connectivity index (χ3n) is 4.06. The monoisotopic (exact) mass is 401 g/mol. The lowest BCUT2D eigenvalue weighted by Gasteiger charge is -2.14. The molecule has 2 N–H and O–H groups in total. The normalized spacial score (nSPS) is 11.4. The van der Waals surface area contributed by atoms with Crippen molar-refractivity contribution in [1.29, 1.82) is 0 Å². The molecule has 0 heterocycles. The highest BCUT2D eigenvalue weighted by atomic mass is 16.6. The Morgan fingerprint density at radius 2 is 1.90 bits per heavy atom. The number of amides is 1. The minimum absolute atomic E-state index is 0.0158. The number of nitrogens with one attached hydrogen (secondary N) is 2. The molecule has 0 unspecified atom stereocenters. The van der Waals surface area contributed by atoms with Crippen molar-refractivity contribution in [1.82, 2.24) is 5.32 Å². The second-order valence-corrected chi connectivity index (χ2v) is 6.18. The number of carbonyl (C=O) groups excluding carboxylic acids is 2. The molecule has 0 bridgehead atoms. The minimum atomic E-state index is -0.820. The van der Waals surface area contributed by atoms with E-state index in [4.69, 9.17) is 9.47 Å². The average Bonchev–Trinajstić information content (AvgIpc) is 2.72. The number of ether oxygens (including phenoxy) is 2. The maximum absolute atomic E-state index is 12.2. The molecule has 29 heavy (non-hydrogen) atoms. The first-order valence-electron chi connectivity index (χ1n) is 8.95. The summed E-state index contributed by atoms with van der Waals surface area (Å²) in [5.74, 6) is -1.29. The van der Waals surface area contributed by atoms with Crippen molar-refractivity contribution < 1.29 is 24.0 Å².